The summed E-state index contributed by atoms with van der Waals surface area (Å²) in [6.45, 7) is 5.76. The summed E-state index contributed by atoms with van der Waals surface area (Å²) in [6.07, 6.45) is 3.44. The third-order valence-corrected chi connectivity index (χ3v) is 5.19. The van der Waals surface area contributed by atoms with Crippen LogP contribution in [-0.2, 0) is 13.1 Å². The van der Waals surface area contributed by atoms with Crippen LogP contribution in [0.15, 0.2) is 53.5 Å². The molecule has 0 atom stereocenters. The number of piperidine rings is 1. The van der Waals surface area contributed by atoms with Gasteiger partial charge in [0.25, 0.3) is 5.91 Å². The maximum absolute atomic E-state index is 12.6. The summed E-state index contributed by atoms with van der Waals surface area (Å²) < 4.78 is 0. The molecule has 1 aliphatic heterocycles. The summed E-state index contributed by atoms with van der Waals surface area (Å²) in [6, 6.07) is 15.6. The molecule has 0 aromatic heterocycles. The Morgan fingerprint density at radius 1 is 1.03 bits per heavy atom. The number of nitrogens with zero attached hydrogens (tertiary/aromatic N) is 2. The number of amides is 1. The van der Waals surface area contributed by atoms with Crippen LogP contribution >= 0.6 is 35.6 Å². The Bertz CT molecular complexity index is 835. The third kappa shape index (κ3) is 7.47. The number of carbonyl (C=O) groups excluding carboxylic acids is 1. The highest BCUT2D eigenvalue weighted by molar-refractivity contribution is 14.0. The molecule has 0 unspecified atom stereocenters. The first-order valence-corrected chi connectivity index (χ1v) is 10.7. The SMILES string of the molecule is CCNC(=NCc1cccc(Cl)c1)NCc1ccc(C(=O)N2CCCCC2)cc1.I. The number of hydrogen-bond acceptors (Lipinski definition) is 2. The van der Waals surface area contributed by atoms with Gasteiger partial charge in [-0.1, -0.05) is 35.9 Å². The topological polar surface area (TPSA) is 56.7 Å². The minimum atomic E-state index is 0. The average molecular weight is 541 g/mol. The van der Waals surface area contributed by atoms with Gasteiger partial charge in [0.1, 0.15) is 0 Å². The highest BCUT2D eigenvalue weighted by atomic mass is 127. The lowest BCUT2D eigenvalue weighted by atomic mass is 10.1. The Labute approximate surface area is 201 Å². The van der Waals surface area contributed by atoms with Crippen LogP contribution in [0.4, 0.5) is 0 Å². The van der Waals surface area contributed by atoms with Crippen LogP contribution in [0, 0.1) is 0 Å². The maximum Gasteiger partial charge on any atom is 0.253 e. The van der Waals surface area contributed by atoms with Crippen molar-refractivity contribution in [1.82, 2.24) is 15.5 Å². The van der Waals surface area contributed by atoms with Crippen molar-refractivity contribution in [3.63, 3.8) is 0 Å². The highest BCUT2D eigenvalue weighted by Crippen LogP contribution is 2.14. The summed E-state index contributed by atoms with van der Waals surface area (Å²) in [5.41, 5.74) is 2.93. The molecule has 162 valence electrons. The molecule has 0 radical (unpaired) electrons. The molecule has 30 heavy (non-hydrogen) atoms. The van der Waals surface area contributed by atoms with Gasteiger partial charge in [0.2, 0.25) is 0 Å². The zero-order valence-electron chi connectivity index (χ0n) is 17.4. The zero-order chi connectivity index (χ0) is 20.5. The summed E-state index contributed by atoms with van der Waals surface area (Å²) in [4.78, 5) is 19.2. The van der Waals surface area contributed by atoms with E-state index in [9.17, 15) is 4.79 Å². The van der Waals surface area contributed by atoms with E-state index < -0.39 is 0 Å². The largest absolute Gasteiger partial charge is 0.357 e. The Kier molecular flexibility index (Phi) is 10.4. The van der Waals surface area contributed by atoms with E-state index in [4.69, 9.17) is 11.6 Å². The molecule has 0 spiro atoms. The Morgan fingerprint density at radius 2 is 1.77 bits per heavy atom. The molecule has 5 nitrogen and oxygen atoms in total. The Balaban J connectivity index is 0.00000320. The molecule has 1 aliphatic rings. The predicted octanol–water partition coefficient (Wildman–Crippen LogP) is 4.84. The zero-order valence-corrected chi connectivity index (χ0v) is 20.5. The van der Waals surface area contributed by atoms with Gasteiger partial charge < -0.3 is 15.5 Å². The smallest absolute Gasteiger partial charge is 0.253 e. The summed E-state index contributed by atoms with van der Waals surface area (Å²) in [5, 5.41) is 7.32. The lowest BCUT2D eigenvalue weighted by molar-refractivity contribution is 0.0724. The van der Waals surface area contributed by atoms with Crippen molar-refractivity contribution in [3.05, 3.63) is 70.2 Å². The van der Waals surface area contributed by atoms with E-state index in [1.165, 1.54) is 6.42 Å². The lowest BCUT2D eigenvalue weighted by Gasteiger charge is -2.26. The number of nitrogens with one attached hydrogen (secondary N) is 2. The average Bonchev–Trinajstić information content (AvgIpc) is 2.76. The van der Waals surface area contributed by atoms with Gasteiger partial charge >= 0.3 is 0 Å². The number of hydrogen-bond donors (Lipinski definition) is 2. The number of carbonyl (C=O) groups is 1. The number of likely N-dealkylation sites (tertiary alicyclic amines) is 1. The minimum Gasteiger partial charge on any atom is -0.357 e. The minimum absolute atomic E-state index is 0. The van der Waals surface area contributed by atoms with Gasteiger partial charge in [-0.25, -0.2) is 4.99 Å². The Morgan fingerprint density at radius 3 is 2.43 bits per heavy atom. The van der Waals surface area contributed by atoms with E-state index in [0.29, 0.717) is 13.1 Å². The standard InChI is InChI=1S/C23H29ClN4O.HI/c1-2-25-23(27-17-19-7-6-8-21(24)15-19)26-16-18-9-11-20(12-10-18)22(29)28-13-4-3-5-14-28;/h6-12,15H,2-5,13-14,16-17H2,1H3,(H2,25,26,27);1H. The van der Waals surface area contributed by atoms with Gasteiger partial charge in [-0.05, 0) is 61.6 Å². The molecule has 1 saturated heterocycles. The van der Waals surface area contributed by atoms with Crippen molar-refractivity contribution >= 4 is 47.4 Å². The van der Waals surface area contributed by atoms with Gasteiger partial charge in [0.15, 0.2) is 5.96 Å². The van der Waals surface area contributed by atoms with Crippen molar-refractivity contribution in [3.8, 4) is 0 Å². The normalized spacial score (nSPS) is 14.1. The molecular formula is C23H30ClIN4O. The number of halogens is 2. The van der Waals surface area contributed by atoms with Crippen molar-refractivity contribution in [2.75, 3.05) is 19.6 Å². The van der Waals surface area contributed by atoms with Crippen LogP contribution < -0.4 is 10.6 Å². The maximum atomic E-state index is 12.6. The lowest BCUT2D eigenvalue weighted by Crippen LogP contribution is -2.37. The highest BCUT2D eigenvalue weighted by Gasteiger charge is 2.17. The second kappa shape index (κ2) is 12.8. The first-order valence-electron chi connectivity index (χ1n) is 10.3. The van der Waals surface area contributed by atoms with E-state index in [-0.39, 0.29) is 29.9 Å². The van der Waals surface area contributed by atoms with Gasteiger partial charge in [-0.3, -0.25) is 4.79 Å². The Hall–Kier alpha value is -1.80. The van der Waals surface area contributed by atoms with Crippen LogP contribution in [0.25, 0.3) is 0 Å². The van der Waals surface area contributed by atoms with Gasteiger partial charge in [0, 0.05) is 36.8 Å². The summed E-state index contributed by atoms with van der Waals surface area (Å²) >= 11 is 6.04. The van der Waals surface area contributed by atoms with Crippen molar-refractivity contribution < 1.29 is 4.79 Å². The van der Waals surface area contributed by atoms with Crippen LogP contribution in [0.3, 0.4) is 0 Å². The van der Waals surface area contributed by atoms with Crippen LogP contribution in [0.2, 0.25) is 5.02 Å². The first kappa shape index (κ1) is 24.5. The molecule has 3 rings (SSSR count). The second-order valence-corrected chi connectivity index (χ2v) is 7.66. The van der Waals surface area contributed by atoms with Crippen molar-refractivity contribution in [2.24, 2.45) is 4.99 Å². The monoisotopic (exact) mass is 540 g/mol. The van der Waals surface area contributed by atoms with Crippen LogP contribution in [0.5, 0.6) is 0 Å². The van der Waals surface area contributed by atoms with Crippen molar-refractivity contribution in [1.29, 1.82) is 0 Å². The molecule has 1 amide bonds. The first-order chi connectivity index (χ1) is 14.2. The van der Waals surface area contributed by atoms with E-state index in [2.05, 4.69) is 15.6 Å². The second-order valence-electron chi connectivity index (χ2n) is 7.23. The fraction of sp³-hybridized carbons (Fsp3) is 0.391. The number of rotatable bonds is 6. The summed E-state index contributed by atoms with van der Waals surface area (Å²) in [5.74, 6) is 0.890. The van der Waals surface area contributed by atoms with Crippen LogP contribution in [-0.4, -0.2) is 36.4 Å². The number of aliphatic imine (C=N–C) groups is 1. The molecule has 1 heterocycles. The molecule has 0 saturated carbocycles. The molecule has 1 fully saturated rings. The van der Waals surface area contributed by atoms with Gasteiger partial charge in [-0.2, -0.15) is 0 Å². The van der Waals surface area contributed by atoms with Gasteiger partial charge in [-0.15, -0.1) is 24.0 Å². The number of guanidine groups is 1. The molecule has 2 aromatic rings. The molecule has 0 aliphatic carbocycles. The van der Waals surface area contributed by atoms with E-state index in [1.807, 2.05) is 60.4 Å². The molecule has 2 aromatic carbocycles. The van der Waals surface area contributed by atoms with E-state index in [0.717, 1.165) is 60.1 Å². The molecule has 2 N–H and O–H groups in total. The quantitative estimate of drug-likeness (QED) is 0.313. The number of benzene rings is 2. The van der Waals surface area contributed by atoms with Crippen molar-refractivity contribution in [2.45, 2.75) is 39.3 Å². The van der Waals surface area contributed by atoms with Crippen LogP contribution in [0.1, 0.15) is 47.7 Å². The molecule has 7 heteroatoms. The third-order valence-electron chi connectivity index (χ3n) is 4.96. The molecular weight excluding hydrogens is 511 g/mol. The van der Waals surface area contributed by atoms with E-state index in [1.54, 1.807) is 0 Å². The van der Waals surface area contributed by atoms with E-state index >= 15 is 0 Å². The molecule has 0 bridgehead atoms. The fourth-order valence-corrected chi connectivity index (χ4v) is 3.59. The predicted molar refractivity (Wildman–Crippen MR) is 135 cm³/mol. The fourth-order valence-electron chi connectivity index (χ4n) is 3.38. The van der Waals surface area contributed by atoms with Gasteiger partial charge in [0.05, 0.1) is 6.54 Å². The summed E-state index contributed by atoms with van der Waals surface area (Å²) in [7, 11) is 0.